The Labute approximate surface area is 111 Å². The Morgan fingerprint density at radius 2 is 2.06 bits per heavy atom. The Morgan fingerprint density at radius 1 is 1.33 bits per heavy atom. The summed E-state index contributed by atoms with van der Waals surface area (Å²) < 4.78 is 29.4. The number of rotatable bonds is 3. The van der Waals surface area contributed by atoms with Crippen LogP contribution in [-0.2, 0) is 0 Å². The minimum absolute atomic E-state index is 0.148. The maximum Gasteiger partial charge on any atom is 0.177 e. The summed E-state index contributed by atoms with van der Waals surface area (Å²) in [6, 6.07) is 2.88. The molecule has 0 aliphatic rings. The number of anilines is 1. The lowest BCUT2D eigenvalue weighted by molar-refractivity contribution is 0.350. The Balaban J connectivity index is 2.65. The van der Waals surface area contributed by atoms with Gasteiger partial charge in [0.05, 0.1) is 24.3 Å². The summed E-state index contributed by atoms with van der Waals surface area (Å²) in [4.78, 5) is 0. The van der Waals surface area contributed by atoms with Crippen LogP contribution in [0.25, 0.3) is 11.3 Å². The van der Waals surface area contributed by atoms with Gasteiger partial charge in [0, 0.05) is 6.07 Å². The van der Waals surface area contributed by atoms with E-state index in [0.717, 1.165) is 0 Å². The molecule has 7 heteroatoms. The average Bonchev–Trinajstić information content (AvgIpc) is 2.78. The highest BCUT2D eigenvalue weighted by atomic mass is 79.9. The zero-order valence-electron chi connectivity index (χ0n) is 9.66. The minimum Gasteiger partial charge on any atom is -0.493 e. The Hall–Kier alpha value is -1.76. The number of benzene rings is 1. The third-order valence-corrected chi connectivity index (χ3v) is 3.05. The van der Waals surface area contributed by atoms with Crippen LogP contribution in [0.3, 0.4) is 0 Å². The van der Waals surface area contributed by atoms with Gasteiger partial charge >= 0.3 is 0 Å². The highest BCUT2D eigenvalue weighted by Crippen LogP contribution is 2.42. The second-order valence-electron chi connectivity index (χ2n) is 3.40. The molecule has 1 heterocycles. The number of methoxy groups -OCH3 is 2. The van der Waals surface area contributed by atoms with Crippen molar-refractivity contribution in [2.75, 3.05) is 20.0 Å². The quantitative estimate of drug-likeness (QED) is 0.942. The SMILES string of the molecule is COc1cc(-c2cc(N)no2)c(F)c(Br)c1OC. The maximum absolute atomic E-state index is 14.1. The van der Waals surface area contributed by atoms with Crippen molar-refractivity contribution >= 4 is 21.7 Å². The highest BCUT2D eigenvalue weighted by Gasteiger charge is 2.21. The molecule has 0 amide bonds. The summed E-state index contributed by atoms with van der Waals surface area (Å²) in [5.74, 6) is 0.493. The number of aromatic nitrogens is 1. The van der Waals surface area contributed by atoms with E-state index in [1.807, 2.05) is 0 Å². The van der Waals surface area contributed by atoms with Gasteiger partial charge in [-0.25, -0.2) is 4.39 Å². The van der Waals surface area contributed by atoms with Crippen molar-refractivity contribution in [1.82, 2.24) is 5.16 Å². The van der Waals surface area contributed by atoms with Crippen LogP contribution in [0.1, 0.15) is 0 Å². The van der Waals surface area contributed by atoms with Gasteiger partial charge in [0.2, 0.25) is 0 Å². The summed E-state index contributed by atoms with van der Waals surface area (Å²) in [6.45, 7) is 0. The number of ether oxygens (including phenoxy) is 2. The molecule has 0 fully saturated rings. The average molecular weight is 317 g/mol. The van der Waals surface area contributed by atoms with Crippen molar-refractivity contribution in [3.8, 4) is 22.8 Å². The monoisotopic (exact) mass is 316 g/mol. The van der Waals surface area contributed by atoms with Gasteiger partial charge in [-0.1, -0.05) is 5.16 Å². The normalized spacial score (nSPS) is 10.4. The topological polar surface area (TPSA) is 70.5 Å². The first-order valence-electron chi connectivity index (χ1n) is 4.91. The molecule has 0 atom stereocenters. The molecule has 96 valence electrons. The van der Waals surface area contributed by atoms with Gasteiger partial charge < -0.3 is 19.7 Å². The highest BCUT2D eigenvalue weighted by molar-refractivity contribution is 9.10. The molecule has 2 rings (SSSR count). The lowest BCUT2D eigenvalue weighted by atomic mass is 10.1. The molecule has 5 nitrogen and oxygen atoms in total. The molecule has 0 aliphatic carbocycles. The molecule has 0 aliphatic heterocycles. The van der Waals surface area contributed by atoms with Crippen molar-refractivity contribution in [3.05, 3.63) is 22.4 Å². The van der Waals surface area contributed by atoms with E-state index in [1.54, 1.807) is 0 Å². The van der Waals surface area contributed by atoms with Gasteiger partial charge in [-0.3, -0.25) is 0 Å². The third kappa shape index (κ3) is 2.01. The van der Waals surface area contributed by atoms with Crippen molar-refractivity contribution in [2.45, 2.75) is 0 Å². The van der Waals surface area contributed by atoms with Crippen molar-refractivity contribution in [2.24, 2.45) is 0 Å². The standard InChI is InChI=1S/C11H10BrFN2O3/c1-16-7-3-5(6-4-8(14)15-18-6)10(13)9(12)11(7)17-2/h3-4H,1-2H3,(H2,14,15). The predicted octanol–water partition coefficient (Wildman–Crippen LogP) is 2.84. The molecule has 0 saturated carbocycles. The van der Waals surface area contributed by atoms with E-state index >= 15 is 0 Å². The third-order valence-electron chi connectivity index (χ3n) is 2.35. The molecule has 0 spiro atoms. The molecule has 0 radical (unpaired) electrons. The van der Waals surface area contributed by atoms with Crippen molar-refractivity contribution in [1.29, 1.82) is 0 Å². The second-order valence-corrected chi connectivity index (χ2v) is 4.20. The number of nitrogen functional groups attached to an aromatic ring is 1. The number of nitrogens with two attached hydrogens (primary N) is 1. The van der Waals surface area contributed by atoms with Crippen LogP contribution in [-0.4, -0.2) is 19.4 Å². The van der Waals surface area contributed by atoms with Gasteiger partial charge in [0.1, 0.15) is 0 Å². The van der Waals surface area contributed by atoms with Gasteiger partial charge in [-0.05, 0) is 22.0 Å². The van der Waals surface area contributed by atoms with E-state index in [9.17, 15) is 4.39 Å². The number of hydrogen-bond donors (Lipinski definition) is 1. The summed E-state index contributed by atoms with van der Waals surface area (Å²) in [5, 5.41) is 3.51. The number of halogens is 2. The Kier molecular flexibility index (Phi) is 3.42. The van der Waals surface area contributed by atoms with Crippen LogP contribution >= 0.6 is 15.9 Å². The van der Waals surface area contributed by atoms with E-state index < -0.39 is 5.82 Å². The zero-order chi connectivity index (χ0) is 13.3. The summed E-state index contributed by atoms with van der Waals surface area (Å²) in [7, 11) is 2.88. The summed E-state index contributed by atoms with van der Waals surface area (Å²) in [6.07, 6.45) is 0. The van der Waals surface area contributed by atoms with Crippen LogP contribution in [0, 0.1) is 5.82 Å². The fourth-order valence-electron chi connectivity index (χ4n) is 1.52. The zero-order valence-corrected chi connectivity index (χ0v) is 11.2. The molecule has 2 N–H and O–H groups in total. The lowest BCUT2D eigenvalue weighted by Gasteiger charge is -2.12. The van der Waals surface area contributed by atoms with Crippen LogP contribution in [0.15, 0.2) is 21.1 Å². The molecular formula is C11H10BrFN2O3. The number of hydrogen-bond acceptors (Lipinski definition) is 5. The Morgan fingerprint density at radius 3 is 2.56 bits per heavy atom. The molecule has 0 saturated heterocycles. The van der Waals surface area contributed by atoms with Crippen LogP contribution in [0.4, 0.5) is 10.2 Å². The minimum atomic E-state index is -0.538. The molecule has 2 aromatic rings. The van der Waals surface area contributed by atoms with Crippen LogP contribution in [0.5, 0.6) is 11.5 Å². The summed E-state index contributed by atoms with van der Waals surface area (Å²) >= 11 is 3.11. The summed E-state index contributed by atoms with van der Waals surface area (Å²) in [5.41, 5.74) is 5.62. The predicted molar refractivity (Wildman–Crippen MR) is 67.1 cm³/mol. The number of nitrogens with zero attached hydrogens (tertiary/aromatic N) is 1. The lowest BCUT2D eigenvalue weighted by Crippen LogP contribution is -1.96. The van der Waals surface area contributed by atoms with E-state index in [2.05, 4.69) is 21.1 Å². The van der Waals surface area contributed by atoms with E-state index in [0.29, 0.717) is 5.75 Å². The van der Waals surface area contributed by atoms with Gasteiger partial charge in [0.25, 0.3) is 0 Å². The van der Waals surface area contributed by atoms with Crippen LogP contribution in [0.2, 0.25) is 0 Å². The van der Waals surface area contributed by atoms with E-state index in [1.165, 1.54) is 26.4 Å². The fourth-order valence-corrected chi connectivity index (χ4v) is 2.09. The first-order valence-corrected chi connectivity index (χ1v) is 5.70. The molecule has 18 heavy (non-hydrogen) atoms. The maximum atomic E-state index is 14.1. The molecular weight excluding hydrogens is 307 g/mol. The van der Waals surface area contributed by atoms with Gasteiger partial charge in [0.15, 0.2) is 28.9 Å². The van der Waals surface area contributed by atoms with E-state index in [-0.39, 0.29) is 27.4 Å². The Bertz CT molecular complexity index is 586. The van der Waals surface area contributed by atoms with Gasteiger partial charge in [-0.2, -0.15) is 0 Å². The smallest absolute Gasteiger partial charge is 0.177 e. The first kappa shape index (κ1) is 12.7. The van der Waals surface area contributed by atoms with Crippen molar-refractivity contribution < 1.29 is 18.4 Å². The second kappa shape index (κ2) is 4.85. The molecule has 1 aromatic carbocycles. The van der Waals surface area contributed by atoms with E-state index in [4.69, 9.17) is 19.7 Å². The van der Waals surface area contributed by atoms with Crippen LogP contribution < -0.4 is 15.2 Å². The fraction of sp³-hybridized carbons (Fsp3) is 0.182. The van der Waals surface area contributed by atoms with Gasteiger partial charge in [-0.15, -0.1) is 0 Å². The largest absolute Gasteiger partial charge is 0.493 e. The first-order chi connectivity index (χ1) is 8.58. The molecule has 0 bridgehead atoms. The molecule has 1 aromatic heterocycles. The van der Waals surface area contributed by atoms with Crippen molar-refractivity contribution in [3.63, 3.8) is 0 Å². The molecule has 0 unspecified atom stereocenters.